The van der Waals surface area contributed by atoms with Crippen LogP contribution in [0.1, 0.15) is 29.4 Å². The second-order valence-electron chi connectivity index (χ2n) is 9.25. The number of nitrogens with two attached hydrogens (primary N) is 1. The molecule has 234 valence electrons. The molecule has 0 radical (unpaired) electrons. The molecule has 2 aromatic heterocycles. The van der Waals surface area contributed by atoms with Crippen molar-refractivity contribution in [2.45, 2.75) is 32.1 Å². The highest BCUT2D eigenvalue weighted by molar-refractivity contribution is 5.98. The Balaban J connectivity index is 1.79. The Kier molecular flexibility index (Phi) is 9.79. The van der Waals surface area contributed by atoms with E-state index in [1.54, 1.807) is 0 Å². The minimum atomic E-state index is -5.29. The Labute approximate surface area is 245 Å². The van der Waals surface area contributed by atoms with Gasteiger partial charge in [0, 0.05) is 17.3 Å². The van der Waals surface area contributed by atoms with Crippen LogP contribution in [0, 0.1) is 0 Å². The maximum absolute atomic E-state index is 13.5. The third-order valence-electron chi connectivity index (χ3n) is 5.87. The van der Waals surface area contributed by atoms with Gasteiger partial charge in [-0.3, -0.25) is 24.3 Å². The molecule has 1 aromatic carbocycles. The van der Waals surface area contributed by atoms with Crippen LogP contribution >= 0.6 is 0 Å². The summed E-state index contributed by atoms with van der Waals surface area (Å²) < 4.78 is 40.4. The zero-order valence-corrected chi connectivity index (χ0v) is 22.8. The second kappa shape index (κ2) is 13.1. The molecule has 44 heavy (non-hydrogen) atoms. The highest BCUT2D eigenvalue weighted by atomic mass is 19.4. The maximum Gasteiger partial charge on any atom is 0.471 e. The minimum Gasteiger partial charge on any atom is -0.506 e. The molecule has 1 unspecified atom stereocenters. The molecule has 0 aliphatic carbocycles. The van der Waals surface area contributed by atoms with E-state index in [-0.39, 0.29) is 46.1 Å². The number of aromatic nitrogens is 4. The summed E-state index contributed by atoms with van der Waals surface area (Å²) in [5, 5.41) is 50.1. The molecule has 0 saturated heterocycles. The van der Waals surface area contributed by atoms with E-state index in [0.717, 1.165) is 30.5 Å². The number of nitrogens with one attached hydrogen (secondary N) is 2. The summed E-state index contributed by atoms with van der Waals surface area (Å²) in [6, 6.07) is 3.72. The average molecular weight is 622 g/mol. The number of hydrogen-bond donors (Lipinski definition) is 8. The second-order valence-corrected chi connectivity index (χ2v) is 9.25. The van der Waals surface area contributed by atoms with Crippen molar-refractivity contribution >= 4 is 34.6 Å². The van der Waals surface area contributed by atoms with Gasteiger partial charge in [0.15, 0.2) is 22.7 Å². The summed E-state index contributed by atoms with van der Waals surface area (Å²) in [5.41, 5.74) is 3.56. The number of halogens is 3. The lowest BCUT2D eigenvalue weighted by Crippen LogP contribution is -2.41. The first kappa shape index (κ1) is 32.9. The largest absolute Gasteiger partial charge is 0.506 e. The van der Waals surface area contributed by atoms with Crippen molar-refractivity contribution in [3.05, 3.63) is 87.3 Å². The predicted octanol–water partition coefficient (Wildman–Crippen LogP) is 2.10. The number of alkyl halides is 3. The van der Waals surface area contributed by atoms with Gasteiger partial charge in [-0.25, -0.2) is 9.97 Å². The molecule has 0 bridgehead atoms. The molecule has 0 aliphatic heterocycles. The highest BCUT2D eigenvalue weighted by Gasteiger charge is 2.43. The van der Waals surface area contributed by atoms with Crippen LogP contribution in [0.25, 0.3) is 11.2 Å². The van der Waals surface area contributed by atoms with E-state index in [9.17, 15) is 48.0 Å². The van der Waals surface area contributed by atoms with Gasteiger partial charge in [0.2, 0.25) is 17.5 Å². The van der Waals surface area contributed by atoms with Gasteiger partial charge in [-0.05, 0) is 43.2 Å². The number of hydrogen-bond acceptors (Lipinski definition) is 12. The van der Waals surface area contributed by atoms with Crippen LogP contribution < -0.4 is 21.5 Å². The third-order valence-corrected chi connectivity index (χ3v) is 5.87. The van der Waals surface area contributed by atoms with Crippen molar-refractivity contribution in [2.75, 3.05) is 17.2 Å². The molecule has 0 aliphatic rings. The number of allylic oxidation sites excluding steroid dienone is 1. The van der Waals surface area contributed by atoms with Crippen LogP contribution in [0.3, 0.4) is 0 Å². The topological polar surface area (TPSA) is 248 Å². The number of rotatable bonds is 10. The summed E-state index contributed by atoms with van der Waals surface area (Å²) in [4.78, 5) is 51.3. The van der Waals surface area contributed by atoms with Crippen molar-refractivity contribution in [1.29, 1.82) is 0 Å². The molecule has 3 aromatic rings. The van der Waals surface area contributed by atoms with E-state index in [1.165, 1.54) is 6.92 Å². The maximum atomic E-state index is 13.5. The number of anilines is 2. The smallest absolute Gasteiger partial charge is 0.471 e. The standard InChI is InChI=1S/C26H26F3N7O8/c1-11(18(39)20(41)19(40)16(38)10-37)7-12(2)32-22(42)13-3-5-15(6-4-13)36(24(44)26(27,28)29)9-14-8-31-21-17(33-14)23(43)35-25(30)34-21/h3-6,8,12,37-41H,1,7,9-10H2,2H3,(H,32,42)(H3,30,31,34,35,43)/b19-16-,20-18-. The molecule has 2 amide bonds. The van der Waals surface area contributed by atoms with Crippen molar-refractivity contribution < 1.29 is 48.3 Å². The molecule has 18 heteroatoms. The number of carbonyl (C=O) groups excluding carboxylic acids is 2. The molecule has 15 nitrogen and oxygen atoms in total. The van der Waals surface area contributed by atoms with Crippen molar-refractivity contribution in [2.24, 2.45) is 0 Å². The highest BCUT2D eigenvalue weighted by Crippen LogP contribution is 2.26. The SMILES string of the molecule is C=C(CC(C)NC(=O)c1ccc(N(Cc2cnc3nc(N)[nH]c(=O)c3n2)C(=O)C(F)(F)F)cc1)/C(O)=C(O)\C(O)=C(\O)CO. The van der Waals surface area contributed by atoms with Gasteiger partial charge in [-0.2, -0.15) is 18.2 Å². The van der Waals surface area contributed by atoms with Gasteiger partial charge in [0.1, 0.15) is 6.61 Å². The number of aliphatic hydroxyl groups excluding tert-OH is 5. The van der Waals surface area contributed by atoms with E-state index in [1.807, 2.05) is 0 Å². The van der Waals surface area contributed by atoms with Crippen LogP contribution in [0.4, 0.5) is 24.8 Å². The number of aromatic amines is 1. The molecular formula is C26H26F3N7O8. The van der Waals surface area contributed by atoms with Gasteiger partial charge < -0.3 is 36.6 Å². The normalized spacial score (nSPS) is 13.5. The van der Waals surface area contributed by atoms with Crippen LogP contribution in [-0.2, 0) is 11.3 Å². The fourth-order valence-electron chi connectivity index (χ4n) is 3.75. The number of benzene rings is 1. The molecule has 9 N–H and O–H groups in total. The summed E-state index contributed by atoms with van der Waals surface area (Å²) in [7, 11) is 0. The van der Waals surface area contributed by atoms with Gasteiger partial charge in [-0.15, -0.1) is 0 Å². The molecule has 1 atom stereocenters. The number of nitrogens with zero attached hydrogens (tertiary/aromatic N) is 4. The monoisotopic (exact) mass is 621 g/mol. The number of aliphatic hydroxyl groups is 5. The number of nitrogen functional groups attached to an aromatic ring is 1. The van der Waals surface area contributed by atoms with E-state index in [4.69, 9.17) is 10.8 Å². The summed E-state index contributed by atoms with van der Waals surface area (Å²) in [6.07, 6.45) is -4.43. The van der Waals surface area contributed by atoms with Crippen molar-refractivity contribution in [1.82, 2.24) is 25.3 Å². The molecule has 2 heterocycles. The van der Waals surface area contributed by atoms with Gasteiger partial charge in [0.25, 0.3) is 11.5 Å². The lowest BCUT2D eigenvalue weighted by molar-refractivity contribution is -0.170. The number of amides is 2. The first-order valence-corrected chi connectivity index (χ1v) is 12.4. The van der Waals surface area contributed by atoms with Crippen LogP contribution in [-0.4, -0.2) is 76.1 Å². The average Bonchev–Trinajstić information content (AvgIpc) is 2.97. The first-order chi connectivity index (χ1) is 20.5. The quantitative estimate of drug-likeness (QED) is 0.120. The molecule has 0 spiro atoms. The summed E-state index contributed by atoms with van der Waals surface area (Å²) in [6.45, 7) is 3.25. The van der Waals surface area contributed by atoms with Crippen LogP contribution in [0.5, 0.6) is 0 Å². The van der Waals surface area contributed by atoms with E-state index < -0.39 is 65.8 Å². The number of H-pyrrole nitrogens is 1. The van der Waals surface area contributed by atoms with Crippen molar-refractivity contribution in [3.63, 3.8) is 0 Å². The Morgan fingerprint density at radius 2 is 1.73 bits per heavy atom. The van der Waals surface area contributed by atoms with E-state index >= 15 is 0 Å². The van der Waals surface area contributed by atoms with E-state index in [2.05, 4.69) is 31.8 Å². The van der Waals surface area contributed by atoms with Gasteiger partial charge >= 0.3 is 12.1 Å². The molecule has 0 saturated carbocycles. The number of carbonyl (C=O) groups is 2. The van der Waals surface area contributed by atoms with E-state index in [0.29, 0.717) is 4.90 Å². The third kappa shape index (κ3) is 7.59. The molecule has 0 fully saturated rings. The van der Waals surface area contributed by atoms with Gasteiger partial charge in [0.05, 0.1) is 18.4 Å². The van der Waals surface area contributed by atoms with Gasteiger partial charge in [-0.1, -0.05) is 6.58 Å². The summed E-state index contributed by atoms with van der Waals surface area (Å²) >= 11 is 0. The Hall–Kier alpha value is -5.65. The van der Waals surface area contributed by atoms with Crippen LogP contribution in [0.15, 0.2) is 70.4 Å². The molecular weight excluding hydrogens is 595 g/mol. The fourth-order valence-corrected chi connectivity index (χ4v) is 3.75. The predicted molar refractivity (Wildman–Crippen MR) is 148 cm³/mol. The lowest BCUT2D eigenvalue weighted by atomic mass is 10.1. The van der Waals surface area contributed by atoms with Crippen molar-refractivity contribution in [3.8, 4) is 0 Å². The lowest BCUT2D eigenvalue weighted by Gasteiger charge is -2.24. The summed E-state index contributed by atoms with van der Waals surface area (Å²) in [5.74, 6) is -7.46. The first-order valence-electron chi connectivity index (χ1n) is 12.4. The Bertz CT molecular complexity index is 1720. The zero-order chi connectivity index (χ0) is 32.9. The number of fused-ring (bicyclic) bond motifs is 1. The molecule has 3 rings (SSSR count). The fraction of sp³-hybridized carbons (Fsp3) is 0.231. The Morgan fingerprint density at radius 3 is 2.32 bits per heavy atom. The Morgan fingerprint density at radius 1 is 1.09 bits per heavy atom. The van der Waals surface area contributed by atoms with Crippen LogP contribution in [0.2, 0.25) is 0 Å². The minimum absolute atomic E-state index is 0.0256. The zero-order valence-electron chi connectivity index (χ0n) is 22.8.